The summed E-state index contributed by atoms with van der Waals surface area (Å²) in [5.41, 5.74) is 0.0997. The van der Waals surface area contributed by atoms with Gasteiger partial charge >= 0.3 is 0 Å². The summed E-state index contributed by atoms with van der Waals surface area (Å²) in [6.45, 7) is 2.24. The molecule has 0 aromatic heterocycles. The highest BCUT2D eigenvalue weighted by molar-refractivity contribution is 5.92. The van der Waals surface area contributed by atoms with Crippen molar-refractivity contribution in [2.75, 3.05) is 0 Å². The number of carbonyl (C=O) groups excluding carboxylic acids is 1. The lowest BCUT2D eigenvalue weighted by atomic mass is 9.53. The van der Waals surface area contributed by atoms with Crippen LogP contribution >= 0.6 is 0 Å². The maximum atomic E-state index is 11.8. The predicted octanol–water partition coefficient (Wildman–Crippen LogP) is 3.88. The van der Waals surface area contributed by atoms with E-state index in [-0.39, 0.29) is 5.41 Å². The van der Waals surface area contributed by atoms with Gasteiger partial charge in [0.15, 0.2) is 0 Å². The van der Waals surface area contributed by atoms with Gasteiger partial charge in [0.2, 0.25) is 0 Å². The minimum Gasteiger partial charge on any atom is -0.299 e. The van der Waals surface area contributed by atoms with Crippen molar-refractivity contribution in [1.29, 1.82) is 0 Å². The number of Topliss-reactive ketones (excluding diaryl/α,β-unsaturated/α-hetero) is 1. The van der Waals surface area contributed by atoms with E-state index < -0.39 is 0 Å². The van der Waals surface area contributed by atoms with Gasteiger partial charge in [-0.2, -0.15) is 0 Å². The van der Waals surface area contributed by atoms with Gasteiger partial charge in [-0.1, -0.05) is 44.8 Å². The van der Waals surface area contributed by atoms with Gasteiger partial charge in [0.25, 0.3) is 0 Å². The van der Waals surface area contributed by atoms with Gasteiger partial charge in [-0.15, -0.1) is 0 Å². The molecular formula is C14H22O. The topological polar surface area (TPSA) is 17.1 Å². The van der Waals surface area contributed by atoms with Crippen LogP contribution in [0.5, 0.6) is 0 Å². The van der Waals surface area contributed by atoms with Crippen molar-refractivity contribution >= 4 is 5.78 Å². The molecule has 0 N–H and O–H groups in total. The van der Waals surface area contributed by atoms with Crippen molar-refractivity contribution < 1.29 is 4.79 Å². The van der Waals surface area contributed by atoms with Crippen LogP contribution in [-0.4, -0.2) is 5.78 Å². The molecule has 0 saturated heterocycles. The Bertz CT molecular complexity index is 267. The molecule has 2 unspecified atom stereocenters. The van der Waals surface area contributed by atoms with E-state index in [0.29, 0.717) is 11.7 Å². The smallest absolute Gasteiger partial charge is 0.140 e. The van der Waals surface area contributed by atoms with Gasteiger partial charge < -0.3 is 0 Å². The lowest BCUT2D eigenvalue weighted by molar-refractivity contribution is -0.145. The molecule has 84 valence electrons. The number of hydrogen-bond acceptors (Lipinski definition) is 1. The van der Waals surface area contributed by atoms with Gasteiger partial charge in [0.1, 0.15) is 5.78 Å². The SMILES string of the molecule is CCCCCCC12CCC=CC1CC2=O. The molecule has 15 heavy (non-hydrogen) atoms. The predicted molar refractivity (Wildman–Crippen MR) is 62.7 cm³/mol. The van der Waals surface area contributed by atoms with Crippen molar-refractivity contribution in [3.8, 4) is 0 Å². The summed E-state index contributed by atoms with van der Waals surface area (Å²) in [7, 11) is 0. The summed E-state index contributed by atoms with van der Waals surface area (Å²) in [4.78, 5) is 11.8. The van der Waals surface area contributed by atoms with E-state index in [1.165, 1.54) is 25.7 Å². The number of allylic oxidation sites excluding steroid dienone is 2. The molecule has 1 heteroatoms. The highest BCUT2D eigenvalue weighted by atomic mass is 16.1. The standard InChI is InChI=1S/C14H22O/c1-2-3-4-6-9-14-10-7-5-8-12(14)11-13(14)15/h5,8,12H,2-4,6-7,9-11H2,1H3. The number of hydrogen-bond donors (Lipinski definition) is 0. The van der Waals surface area contributed by atoms with Crippen molar-refractivity contribution in [1.82, 2.24) is 0 Å². The monoisotopic (exact) mass is 206 g/mol. The average molecular weight is 206 g/mol. The Labute approximate surface area is 92.9 Å². The van der Waals surface area contributed by atoms with Gasteiger partial charge in [-0.05, 0) is 25.2 Å². The summed E-state index contributed by atoms with van der Waals surface area (Å²) >= 11 is 0. The molecule has 0 amide bonds. The molecular weight excluding hydrogens is 184 g/mol. The molecule has 1 saturated carbocycles. The van der Waals surface area contributed by atoms with Crippen LogP contribution in [-0.2, 0) is 4.79 Å². The van der Waals surface area contributed by atoms with Crippen LogP contribution < -0.4 is 0 Å². The number of fused-ring (bicyclic) bond motifs is 1. The molecule has 2 atom stereocenters. The molecule has 0 heterocycles. The number of carbonyl (C=O) groups is 1. The second-order valence-electron chi connectivity index (χ2n) is 5.17. The van der Waals surface area contributed by atoms with E-state index in [1.54, 1.807) is 0 Å². The summed E-state index contributed by atoms with van der Waals surface area (Å²) in [6.07, 6.45) is 14.0. The van der Waals surface area contributed by atoms with E-state index in [4.69, 9.17) is 0 Å². The van der Waals surface area contributed by atoms with Crippen molar-refractivity contribution in [2.45, 2.75) is 58.3 Å². The maximum absolute atomic E-state index is 11.8. The average Bonchev–Trinajstić information content (AvgIpc) is 2.25. The molecule has 2 rings (SSSR count). The Hall–Kier alpha value is -0.590. The van der Waals surface area contributed by atoms with Gasteiger partial charge in [0.05, 0.1) is 0 Å². The van der Waals surface area contributed by atoms with E-state index >= 15 is 0 Å². The zero-order valence-corrected chi connectivity index (χ0v) is 9.80. The Kier molecular flexibility index (Phi) is 3.28. The molecule has 2 aliphatic rings. The molecule has 0 aliphatic heterocycles. The lowest BCUT2D eigenvalue weighted by Gasteiger charge is -2.49. The van der Waals surface area contributed by atoms with Gasteiger partial charge in [-0.25, -0.2) is 0 Å². The molecule has 2 aliphatic carbocycles. The first-order valence-electron chi connectivity index (χ1n) is 6.49. The van der Waals surface area contributed by atoms with Crippen LogP contribution in [0.25, 0.3) is 0 Å². The van der Waals surface area contributed by atoms with E-state index in [1.807, 2.05) is 0 Å². The summed E-state index contributed by atoms with van der Waals surface area (Å²) in [5.74, 6) is 1.15. The summed E-state index contributed by atoms with van der Waals surface area (Å²) < 4.78 is 0. The Balaban J connectivity index is 1.87. The van der Waals surface area contributed by atoms with Crippen LogP contribution in [0.4, 0.5) is 0 Å². The van der Waals surface area contributed by atoms with Crippen molar-refractivity contribution in [2.24, 2.45) is 11.3 Å². The van der Waals surface area contributed by atoms with E-state index in [2.05, 4.69) is 19.1 Å². The largest absolute Gasteiger partial charge is 0.299 e. The minimum atomic E-state index is 0.0997. The molecule has 1 fully saturated rings. The number of ketones is 1. The first kappa shape index (κ1) is 10.9. The first-order valence-corrected chi connectivity index (χ1v) is 6.49. The number of rotatable bonds is 5. The molecule has 1 nitrogen and oxygen atoms in total. The maximum Gasteiger partial charge on any atom is 0.140 e. The zero-order chi connectivity index (χ0) is 10.7. The van der Waals surface area contributed by atoms with E-state index in [9.17, 15) is 4.79 Å². The highest BCUT2D eigenvalue weighted by Gasteiger charge is 2.52. The van der Waals surface area contributed by atoms with Crippen molar-refractivity contribution in [3.63, 3.8) is 0 Å². The lowest BCUT2D eigenvalue weighted by Crippen LogP contribution is -2.50. The first-order chi connectivity index (χ1) is 7.29. The van der Waals surface area contributed by atoms with Gasteiger partial charge in [-0.3, -0.25) is 4.79 Å². The second-order valence-corrected chi connectivity index (χ2v) is 5.17. The van der Waals surface area contributed by atoms with E-state index in [0.717, 1.165) is 25.7 Å². The van der Waals surface area contributed by atoms with Crippen LogP contribution in [0.1, 0.15) is 58.3 Å². The zero-order valence-electron chi connectivity index (χ0n) is 9.80. The fourth-order valence-corrected chi connectivity index (χ4v) is 3.17. The molecule has 0 aromatic carbocycles. The normalized spacial score (nSPS) is 33.7. The van der Waals surface area contributed by atoms with Crippen LogP contribution in [0.3, 0.4) is 0 Å². The summed E-state index contributed by atoms with van der Waals surface area (Å²) in [5, 5.41) is 0. The van der Waals surface area contributed by atoms with Crippen LogP contribution in [0, 0.1) is 11.3 Å². The van der Waals surface area contributed by atoms with Crippen LogP contribution in [0.15, 0.2) is 12.2 Å². The number of unbranched alkanes of at least 4 members (excludes halogenated alkanes) is 3. The Morgan fingerprint density at radius 3 is 2.93 bits per heavy atom. The second kappa shape index (κ2) is 4.51. The highest BCUT2D eigenvalue weighted by Crippen LogP contribution is 2.53. The third-order valence-corrected chi connectivity index (χ3v) is 4.27. The molecule has 0 radical (unpaired) electrons. The summed E-state index contributed by atoms with van der Waals surface area (Å²) in [6, 6.07) is 0. The minimum absolute atomic E-state index is 0.0997. The third kappa shape index (κ3) is 1.89. The third-order valence-electron chi connectivity index (χ3n) is 4.27. The quantitative estimate of drug-likeness (QED) is 0.493. The van der Waals surface area contributed by atoms with Crippen LogP contribution in [0.2, 0.25) is 0 Å². The van der Waals surface area contributed by atoms with Crippen molar-refractivity contribution in [3.05, 3.63) is 12.2 Å². The molecule has 0 aromatic rings. The fourth-order valence-electron chi connectivity index (χ4n) is 3.17. The molecule has 0 spiro atoms. The Morgan fingerprint density at radius 1 is 1.40 bits per heavy atom. The fraction of sp³-hybridized carbons (Fsp3) is 0.786. The Morgan fingerprint density at radius 2 is 2.27 bits per heavy atom. The van der Waals surface area contributed by atoms with Gasteiger partial charge in [0, 0.05) is 11.8 Å². The molecule has 0 bridgehead atoms.